The van der Waals surface area contributed by atoms with Gasteiger partial charge < -0.3 is 10.5 Å². The lowest BCUT2D eigenvalue weighted by Crippen LogP contribution is -2.31. The second-order valence-electron chi connectivity index (χ2n) is 3.80. The van der Waals surface area contributed by atoms with Crippen molar-refractivity contribution >= 4 is 15.7 Å². The van der Waals surface area contributed by atoms with Crippen LogP contribution in [0.4, 0.5) is 5.69 Å². The van der Waals surface area contributed by atoms with E-state index in [-0.39, 0.29) is 23.7 Å². The van der Waals surface area contributed by atoms with E-state index in [1.165, 1.54) is 41.8 Å². The number of hydrogen-bond acceptors (Lipinski definition) is 4. The van der Waals surface area contributed by atoms with Crippen molar-refractivity contribution in [3.8, 4) is 5.75 Å². The second-order valence-corrected chi connectivity index (χ2v) is 5.74. The van der Waals surface area contributed by atoms with Gasteiger partial charge in [-0.25, -0.2) is 8.42 Å². The van der Waals surface area contributed by atoms with Gasteiger partial charge in [-0.3, -0.25) is 0 Å². The lowest BCUT2D eigenvalue weighted by atomic mass is 10.3. The molecule has 0 heterocycles. The van der Waals surface area contributed by atoms with Crippen molar-refractivity contribution in [2.45, 2.75) is 4.90 Å². The molecule has 0 saturated heterocycles. The Morgan fingerprint density at radius 2 is 1.89 bits per heavy atom. The Kier molecular flexibility index (Phi) is 5.14. The van der Waals surface area contributed by atoms with E-state index in [1.54, 1.807) is 0 Å². The van der Waals surface area contributed by atoms with Crippen LogP contribution < -0.4 is 10.5 Å². The summed E-state index contributed by atoms with van der Waals surface area (Å²) < 4.78 is 31.1. The van der Waals surface area contributed by atoms with Crippen molar-refractivity contribution in [2.75, 3.05) is 25.9 Å². The number of sulfonamides is 1. The Morgan fingerprint density at radius 1 is 1.32 bits per heavy atom. The van der Waals surface area contributed by atoms with Crippen molar-refractivity contribution in [3.05, 3.63) is 43.5 Å². The normalized spacial score (nSPS) is 11.3. The Labute approximate surface area is 114 Å². The summed E-state index contributed by atoms with van der Waals surface area (Å²) >= 11 is 0. The number of methoxy groups -OCH3 is 1. The monoisotopic (exact) mass is 282 g/mol. The molecule has 5 nitrogen and oxygen atoms in total. The van der Waals surface area contributed by atoms with Gasteiger partial charge in [-0.15, -0.1) is 13.2 Å². The van der Waals surface area contributed by atoms with Gasteiger partial charge in [0.15, 0.2) is 0 Å². The molecular formula is C13H18N2O3S. The molecule has 0 fully saturated rings. The van der Waals surface area contributed by atoms with Crippen LogP contribution >= 0.6 is 0 Å². The van der Waals surface area contributed by atoms with Gasteiger partial charge in [0, 0.05) is 13.1 Å². The van der Waals surface area contributed by atoms with E-state index < -0.39 is 10.0 Å². The number of nitrogens with zero attached hydrogens (tertiary/aromatic N) is 1. The van der Waals surface area contributed by atoms with Crippen LogP contribution in [-0.2, 0) is 10.0 Å². The fourth-order valence-electron chi connectivity index (χ4n) is 1.58. The molecule has 0 aliphatic rings. The average Bonchev–Trinajstić information content (AvgIpc) is 2.38. The Bertz CT molecular complexity index is 557. The van der Waals surface area contributed by atoms with Crippen molar-refractivity contribution in [2.24, 2.45) is 0 Å². The third-order valence-corrected chi connectivity index (χ3v) is 4.33. The van der Waals surface area contributed by atoms with Crippen molar-refractivity contribution in [1.29, 1.82) is 0 Å². The molecule has 19 heavy (non-hydrogen) atoms. The first-order valence-electron chi connectivity index (χ1n) is 5.62. The molecule has 2 N–H and O–H groups in total. The molecule has 0 aliphatic heterocycles. The van der Waals surface area contributed by atoms with Crippen LogP contribution in [0.15, 0.2) is 48.4 Å². The van der Waals surface area contributed by atoms with Crippen LogP contribution in [0.5, 0.6) is 5.75 Å². The van der Waals surface area contributed by atoms with Crippen LogP contribution in [0.1, 0.15) is 0 Å². The summed E-state index contributed by atoms with van der Waals surface area (Å²) in [7, 11) is -2.14. The van der Waals surface area contributed by atoms with Gasteiger partial charge in [0.05, 0.1) is 17.7 Å². The minimum atomic E-state index is -3.62. The lowest BCUT2D eigenvalue weighted by molar-refractivity contribution is 0.416. The van der Waals surface area contributed by atoms with E-state index in [1.807, 2.05) is 0 Å². The Morgan fingerprint density at radius 3 is 2.32 bits per heavy atom. The highest BCUT2D eigenvalue weighted by atomic mass is 32.2. The molecule has 6 heteroatoms. The van der Waals surface area contributed by atoms with Crippen LogP contribution in [0.25, 0.3) is 0 Å². The van der Waals surface area contributed by atoms with Gasteiger partial charge in [0.2, 0.25) is 10.0 Å². The highest BCUT2D eigenvalue weighted by molar-refractivity contribution is 7.89. The molecule has 0 saturated carbocycles. The van der Waals surface area contributed by atoms with Gasteiger partial charge in [-0.2, -0.15) is 4.31 Å². The number of anilines is 1. The molecule has 0 bridgehead atoms. The fourth-order valence-corrected chi connectivity index (χ4v) is 3.00. The minimum absolute atomic E-state index is 0.120. The first kappa shape index (κ1) is 15.3. The molecule has 0 amide bonds. The molecule has 104 valence electrons. The maximum Gasteiger partial charge on any atom is 0.243 e. The molecule has 1 rings (SSSR count). The van der Waals surface area contributed by atoms with Gasteiger partial charge in [-0.05, 0) is 18.2 Å². The van der Waals surface area contributed by atoms with Crippen LogP contribution in [-0.4, -0.2) is 32.9 Å². The average molecular weight is 282 g/mol. The zero-order valence-corrected chi connectivity index (χ0v) is 11.7. The summed E-state index contributed by atoms with van der Waals surface area (Å²) in [5.41, 5.74) is 6.01. The van der Waals surface area contributed by atoms with Gasteiger partial charge in [0.1, 0.15) is 5.75 Å². The largest absolute Gasteiger partial charge is 0.495 e. The Hall–Kier alpha value is -1.79. The lowest BCUT2D eigenvalue weighted by Gasteiger charge is -2.19. The summed E-state index contributed by atoms with van der Waals surface area (Å²) in [6.45, 7) is 7.52. The van der Waals surface area contributed by atoms with Crippen molar-refractivity contribution in [1.82, 2.24) is 4.31 Å². The molecule has 1 aromatic rings. The number of rotatable bonds is 7. The van der Waals surface area contributed by atoms with E-state index in [0.29, 0.717) is 5.75 Å². The molecule has 0 atom stereocenters. The standard InChI is InChI=1S/C13H18N2O3S/c1-4-8-15(9-5-2)19(16,17)11-6-7-13(18-3)12(14)10-11/h4-7,10H,1-2,8-9,14H2,3H3. The smallest absolute Gasteiger partial charge is 0.243 e. The number of benzene rings is 1. The molecule has 0 spiro atoms. The number of ether oxygens (including phenoxy) is 1. The first-order valence-corrected chi connectivity index (χ1v) is 7.06. The van der Waals surface area contributed by atoms with E-state index in [0.717, 1.165) is 0 Å². The molecule has 1 aromatic carbocycles. The summed E-state index contributed by atoms with van der Waals surface area (Å²) in [5.74, 6) is 0.443. The zero-order valence-electron chi connectivity index (χ0n) is 10.9. The van der Waals surface area contributed by atoms with Crippen LogP contribution in [0.3, 0.4) is 0 Å². The second kappa shape index (κ2) is 6.40. The molecular weight excluding hydrogens is 264 g/mol. The van der Waals surface area contributed by atoms with Gasteiger partial charge >= 0.3 is 0 Å². The number of hydrogen-bond donors (Lipinski definition) is 1. The zero-order chi connectivity index (χ0) is 14.5. The predicted octanol–water partition coefficient (Wildman–Crippen LogP) is 1.64. The first-order chi connectivity index (χ1) is 8.97. The third kappa shape index (κ3) is 3.36. The van der Waals surface area contributed by atoms with E-state index >= 15 is 0 Å². The summed E-state index contributed by atoms with van der Waals surface area (Å²) in [5, 5.41) is 0. The van der Waals surface area contributed by atoms with E-state index in [9.17, 15) is 8.42 Å². The van der Waals surface area contributed by atoms with Gasteiger partial charge in [-0.1, -0.05) is 12.2 Å². The Balaban J connectivity index is 3.20. The predicted molar refractivity (Wildman–Crippen MR) is 76.6 cm³/mol. The minimum Gasteiger partial charge on any atom is -0.495 e. The SMILES string of the molecule is C=CCN(CC=C)S(=O)(=O)c1ccc(OC)c(N)c1. The number of nitrogen functional groups attached to an aromatic ring is 1. The van der Waals surface area contributed by atoms with E-state index in [4.69, 9.17) is 10.5 Å². The maximum absolute atomic E-state index is 12.4. The quantitative estimate of drug-likeness (QED) is 0.609. The molecule has 0 radical (unpaired) electrons. The maximum atomic E-state index is 12.4. The van der Waals surface area contributed by atoms with Gasteiger partial charge in [0.25, 0.3) is 0 Å². The molecule has 0 aliphatic carbocycles. The topological polar surface area (TPSA) is 72.6 Å². The highest BCUT2D eigenvalue weighted by Gasteiger charge is 2.23. The van der Waals surface area contributed by atoms with Crippen molar-refractivity contribution < 1.29 is 13.2 Å². The summed E-state index contributed by atoms with van der Waals surface area (Å²) in [6.07, 6.45) is 3.04. The fraction of sp³-hybridized carbons (Fsp3) is 0.231. The third-order valence-electron chi connectivity index (χ3n) is 2.50. The summed E-state index contributed by atoms with van der Waals surface area (Å²) in [4.78, 5) is 0.120. The highest BCUT2D eigenvalue weighted by Crippen LogP contribution is 2.26. The summed E-state index contributed by atoms with van der Waals surface area (Å²) in [6, 6.07) is 4.37. The van der Waals surface area contributed by atoms with Crippen LogP contribution in [0.2, 0.25) is 0 Å². The molecule has 0 unspecified atom stereocenters. The van der Waals surface area contributed by atoms with Crippen LogP contribution in [0, 0.1) is 0 Å². The number of nitrogens with two attached hydrogens (primary N) is 1. The van der Waals surface area contributed by atoms with Crippen molar-refractivity contribution in [3.63, 3.8) is 0 Å². The van der Waals surface area contributed by atoms with E-state index in [2.05, 4.69) is 13.2 Å². The molecule has 0 aromatic heterocycles.